The summed E-state index contributed by atoms with van der Waals surface area (Å²) < 4.78 is 5.21. The molecule has 0 aromatic heterocycles. The van der Waals surface area contributed by atoms with Crippen LogP contribution in [0.15, 0.2) is 53.4 Å². The molecule has 3 rings (SSSR count). The fourth-order valence-corrected chi connectivity index (χ4v) is 4.37. The Balaban J connectivity index is 1.41. The minimum atomic E-state index is 0.245. The van der Waals surface area contributed by atoms with Gasteiger partial charge in [-0.05, 0) is 48.2 Å². The smallest absolute Gasteiger partial charge is 0.232 e. The maximum Gasteiger partial charge on any atom is 0.232 e. The third kappa shape index (κ3) is 5.59. The molecule has 1 fully saturated rings. The maximum absolute atomic E-state index is 12.5. The number of hydrogen-bond acceptors (Lipinski definition) is 5. The molecule has 144 valence electrons. The van der Waals surface area contributed by atoms with Gasteiger partial charge < -0.3 is 14.5 Å². The Kier molecular flexibility index (Phi) is 7.35. The Morgan fingerprint density at radius 1 is 1.00 bits per heavy atom. The quantitative estimate of drug-likeness (QED) is 0.654. The molecule has 1 heterocycles. The van der Waals surface area contributed by atoms with Gasteiger partial charge in [0.15, 0.2) is 0 Å². The second-order valence-corrected chi connectivity index (χ2v) is 8.27. The average Bonchev–Trinajstić information content (AvgIpc) is 2.74. The second-order valence-electron chi connectivity index (χ2n) is 6.41. The first kappa shape index (κ1) is 20.0. The van der Waals surface area contributed by atoms with Crippen LogP contribution in [-0.2, 0) is 10.5 Å². The van der Waals surface area contributed by atoms with Crippen molar-refractivity contribution in [2.75, 3.05) is 50.2 Å². The number of piperazine rings is 1. The third-order valence-electron chi connectivity index (χ3n) is 4.72. The first-order valence-corrected chi connectivity index (χ1v) is 11.4. The molecule has 1 aliphatic heterocycles. The number of benzene rings is 2. The Labute approximate surface area is 170 Å². The zero-order chi connectivity index (χ0) is 19.1. The monoisotopic (exact) mass is 402 g/mol. The molecule has 0 aliphatic carbocycles. The van der Waals surface area contributed by atoms with E-state index < -0.39 is 0 Å². The SMILES string of the molecule is COc1ccc(N2CCN(C(=O)CSCc3ccc(SC)cc3)CC2)cc1. The summed E-state index contributed by atoms with van der Waals surface area (Å²) in [6, 6.07) is 16.7. The molecule has 1 amide bonds. The largest absolute Gasteiger partial charge is 0.497 e. The average molecular weight is 403 g/mol. The van der Waals surface area contributed by atoms with Gasteiger partial charge in [-0.15, -0.1) is 23.5 Å². The normalized spacial score (nSPS) is 14.3. The highest BCUT2D eigenvalue weighted by Gasteiger charge is 2.21. The zero-order valence-corrected chi connectivity index (χ0v) is 17.5. The lowest BCUT2D eigenvalue weighted by Crippen LogP contribution is -2.49. The summed E-state index contributed by atoms with van der Waals surface area (Å²) in [5.74, 6) is 2.54. The molecule has 2 aromatic rings. The summed E-state index contributed by atoms with van der Waals surface area (Å²) in [4.78, 5) is 18.1. The van der Waals surface area contributed by atoms with Crippen LogP contribution in [0.25, 0.3) is 0 Å². The van der Waals surface area contributed by atoms with Crippen LogP contribution >= 0.6 is 23.5 Å². The number of amides is 1. The molecule has 0 bridgehead atoms. The van der Waals surface area contributed by atoms with Gasteiger partial charge in [0.2, 0.25) is 5.91 Å². The number of hydrogen-bond donors (Lipinski definition) is 0. The predicted octanol–water partition coefficient (Wildman–Crippen LogP) is 4.00. The fourth-order valence-electron chi connectivity index (χ4n) is 3.08. The number of anilines is 1. The van der Waals surface area contributed by atoms with E-state index in [1.807, 2.05) is 17.0 Å². The van der Waals surface area contributed by atoms with Crippen molar-refractivity contribution in [2.24, 2.45) is 0 Å². The second kappa shape index (κ2) is 9.95. The number of carbonyl (C=O) groups excluding carboxylic acids is 1. The lowest BCUT2D eigenvalue weighted by Gasteiger charge is -2.36. The predicted molar refractivity (Wildman–Crippen MR) is 116 cm³/mol. The van der Waals surface area contributed by atoms with E-state index >= 15 is 0 Å². The number of rotatable bonds is 7. The van der Waals surface area contributed by atoms with Crippen LogP contribution in [0.2, 0.25) is 0 Å². The first-order valence-electron chi connectivity index (χ1n) is 9.07. The van der Waals surface area contributed by atoms with Crippen molar-refractivity contribution in [3.63, 3.8) is 0 Å². The van der Waals surface area contributed by atoms with Crippen LogP contribution in [-0.4, -0.2) is 56.1 Å². The number of nitrogens with zero attached hydrogens (tertiary/aromatic N) is 2. The molecule has 0 radical (unpaired) electrons. The van der Waals surface area contributed by atoms with Gasteiger partial charge in [-0.25, -0.2) is 0 Å². The Morgan fingerprint density at radius 3 is 2.26 bits per heavy atom. The molecule has 2 aromatic carbocycles. The molecule has 0 spiro atoms. The number of ether oxygens (including phenoxy) is 1. The van der Waals surface area contributed by atoms with Crippen molar-refractivity contribution < 1.29 is 9.53 Å². The van der Waals surface area contributed by atoms with Gasteiger partial charge in [-0.1, -0.05) is 12.1 Å². The lowest BCUT2D eigenvalue weighted by atomic mass is 10.2. The number of carbonyl (C=O) groups is 1. The molecule has 0 N–H and O–H groups in total. The minimum Gasteiger partial charge on any atom is -0.497 e. The van der Waals surface area contributed by atoms with E-state index in [0.29, 0.717) is 5.75 Å². The molecule has 27 heavy (non-hydrogen) atoms. The Bertz CT molecular complexity index is 727. The van der Waals surface area contributed by atoms with Crippen LogP contribution in [0.5, 0.6) is 5.75 Å². The number of thioether (sulfide) groups is 2. The van der Waals surface area contributed by atoms with E-state index in [0.717, 1.165) is 37.7 Å². The topological polar surface area (TPSA) is 32.8 Å². The van der Waals surface area contributed by atoms with Crippen LogP contribution < -0.4 is 9.64 Å². The maximum atomic E-state index is 12.5. The molecular formula is C21H26N2O2S2. The summed E-state index contributed by atoms with van der Waals surface area (Å²) in [5, 5.41) is 0. The molecule has 0 saturated carbocycles. The molecule has 1 aliphatic rings. The van der Waals surface area contributed by atoms with Crippen LogP contribution in [0.1, 0.15) is 5.56 Å². The highest BCUT2D eigenvalue weighted by atomic mass is 32.2. The van der Waals surface area contributed by atoms with Gasteiger partial charge in [0.1, 0.15) is 5.75 Å². The molecule has 0 unspecified atom stereocenters. The van der Waals surface area contributed by atoms with Crippen molar-refractivity contribution in [2.45, 2.75) is 10.6 Å². The Morgan fingerprint density at radius 2 is 1.67 bits per heavy atom. The van der Waals surface area contributed by atoms with Gasteiger partial charge in [0.05, 0.1) is 12.9 Å². The van der Waals surface area contributed by atoms with Crippen LogP contribution in [0, 0.1) is 0 Å². The van der Waals surface area contributed by atoms with Crippen molar-refractivity contribution in [1.82, 2.24) is 4.90 Å². The zero-order valence-electron chi connectivity index (χ0n) is 15.9. The van der Waals surface area contributed by atoms with Crippen molar-refractivity contribution in [3.05, 3.63) is 54.1 Å². The van der Waals surface area contributed by atoms with Gasteiger partial charge >= 0.3 is 0 Å². The van der Waals surface area contributed by atoms with Crippen LogP contribution in [0.4, 0.5) is 5.69 Å². The van der Waals surface area contributed by atoms with E-state index in [2.05, 4.69) is 47.6 Å². The van der Waals surface area contributed by atoms with E-state index in [1.54, 1.807) is 30.6 Å². The summed E-state index contributed by atoms with van der Waals surface area (Å²) in [5.41, 5.74) is 2.46. The highest BCUT2D eigenvalue weighted by Crippen LogP contribution is 2.21. The summed E-state index contributed by atoms with van der Waals surface area (Å²) in [7, 11) is 1.68. The lowest BCUT2D eigenvalue weighted by molar-refractivity contribution is -0.128. The fraction of sp³-hybridized carbons (Fsp3) is 0.381. The molecular weight excluding hydrogens is 376 g/mol. The summed E-state index contributed by atoms with van der Waals surface area (Å²) in [6.45, 7) is 3.32. The van der Waals surface area contributed by atoms with Gasteiger partial charge in [0.25, 0.3) is 0 Å². The van der Waals surface area contributed by atoms with Crippen LogP contribution in [0.3, 0.4) is 0 Å². The van der Waals surface area contributed by atoms with E-state index in [1.165, 1.54) is 16.1 Å². The molecule has 1 saturated heterocycles. The van der Waals surface area contributed by atoms with Gasteiger partial charge in [0, 0.05) is 42.5 Å². The molecule has 0 atom stereocenters. The van der Waals surface area contributed by atoms with E-state index in [9.17, 15) is 4.79 Å². The van der Waals surface area contributed by atoms with Gasteiger partial charge in [-0.2, -0.15) is 0 Å². The molecule has 4 nitrogen and oxygen atoms in total. The number of methoxy groups -OCH3 is 1. The molecule has 6 heteroatoms. The third-order valence-corrected chi connectivity index (χ3v) is 6.46. The Hall–Kier alpha value is -1.79. The van der Waals surface area contributed by atoms with Crippen molar-refractivity contribution in [1.29, 1.82) is 0 Å². The van der Waals surface area contributed by atoms with E-state index in [-0.39, 0.29) is 5.91 Å². The van der Waals surface area contributed by atoms with Crippen molar-refractivity contribution >= 4 is 35.1 Å². The summed E-state index contributed by atoms with van der Waals surface area (Å²) >= 11 is 3.44. The summed E-state index contributed by atoms with van der Waals surface area (Å²) in [6.07, 6.45) is 2.08. The van der Waals surface area contributed by atoms with Crippen molar-refractivity contribution in [3.8, 4) is 5.75 Å². The van der Waals surface area contributed by atoms with Gasteiger partial charge in [-0.3, -0.25) is 4.79 Å². The van der Waals surface area contributed by atoms with E-state index in [4.69, 9.17) is 4.74 Å². The standard InChI is InChI=1S/C21H26N2O2S2/c1-25-19-7-5-18(6-8-19)22-11-13-23(14-12-22)21(24)16-27-15-17-3-9-20(26-2)10-4-17/h3-10H,11-16H2,1-2H3. The highest BCUT2D eigenvalue weighted by molar-refractivity contribution is 7.99. The minimum absolute atomic E-state index is 0.245. The first-order chi connectivity index (χ1) is 13.2.